The Morgan fingerprint density at radius 2 is 2.11 bits per heavy atom. The van der Waals surface area contributed by atoms with E-state index in [4.69, 9.17) is 0 Å². The SMILES string of the molecule is O=[N+]([O-])c1c(F)cc(F)cc1NCc1ccc(Br)s1. The van der Waals surface area contributed by atoms with Gasteiger partial charge in [-0.25, -0.2) is 4.39 Å². The quantitative estimate of drug-likeness (QED) is 0.661. The highest BCUT2D eigenvalue weighted by molar-refractivity contribution is 9.11. The number of thiophene rings is 1. The maximum absolute atomic E-state index is 13.4. The standard InChI is InChI=1S/C11H7BrF2N2O2S/c12-10-2-1-7(19-10)5-15-9-4-6(13)3-8(14)11(9)16(17)18/h1-4,15H,5H2. The van der Waals surface area contributed by atoms with Crippen molar-refractivity contribution in [3.8, 4) is 0 Å². The number of hydrogen-bond donors (Lipinski definition) is 1. The molecule has 0 unspecified atom stereocenters. The van der Waals surface area contributed by atoms with Crippen LogP contribution in [0.1, 0.15) is 4.88 Å². The third-order valence-electron chi connectivity index (χ3n) is 2.29. The highest BCUT2D eigenvalue weighted by Crippen LogP contribution is 2.30. The molecule has 0 saturated heterocycles. The van der Waals surface area contributed by atoms with Crippen molar-refractivity contribution < 1.29 is 13.7 Å². The third kappa shape index (κ3) is 3.27. The first-order valence-corrected chi connectivity index (χ1v) is 6.70. The Labute approximate surface area is 119 Å². The van der Waals surface area contributed by atoms with E-state index in [0.717, 1.165) is 14.7 Å². The van der Waals surface area contributed by atoms with Crippen molar-refractivity contribution in [3.05, 3.63) is 54.7 Å². The van der Waals surface area contributed by atoms with E-state index in [-0.39, 0.29) is 12.2 Å². The Morgan fingerprint density at radius 3 is 2.68 bits per heavy atom. The third-order valence-corrected chi connectivity index (χ3v) is 3.92. The predicted octanol–water partition coefficient (Wildman–Crippen LogP) is 4.31. The zero-order valence-corrected chi connectivity index (χ0v) is 11.7. The summed E-state index contributed by atoms with van der Waals surface area (Å²) >= 11 is 4.71. The maximum Gasteiger partial charge on any atom is 0.327 e. The number of anilines is 1. The van der Waals surface area contributed by atoms with Gasteiger partial charge in [-0.2, -0.15) is 4.39 Å². The fourth-order valence-corrected chi connectivity index (χ4v) is 2.94. The molecule has 1 aromatic carbocycles. The number of halogens is 3. The van der Waals surface area contributed by atoms with Crippen LogP contribution in [0.2, 0.25) is 0 Å². The second-order valence-electron chi connectivity index (χ2n) is 3.60. The van der Waals surface area contributed by atoms with Gasteiger partial charge in [0.15, 0.2) is 0 Å². The van der Waals surface area contributed by atoms with E-state index in [1.807, 2.05) is 12.1 Å². The van der Waals surface area contributed by atoms with E-state index < -0.39 is 22.2 Å². The first kappa shape index (κ1) is 13.9. The van der Waals surface area contributed by atoms with Crippen LogP contribution in [0.5, 0.6) is 0 Å². The molecular formula is C11H7BrF2N2O2S. The van der Waals surface area contributed by atoms with Crippen molar-refractivity contribution in [3.63, 3.8) is 0 Å². The topological polar surface area (TPSA) is 55.2 Å². The predicted molar refractivity (Wildman–Crippen MR) is 72.4 cm³/mol. The van der Waals surface area contributed by atoms with Crippen molar-refractivity contribution in [2.24, 2.45) is 0 Å². The van der Waals surface area contributed by atoms with Crippen LogP contribution in [-0.4, -0.2) is 4.92 Å². The first-order chi connectivity index (χ1) is 8.97. The summed E-state index contributed by atoms with van der Waals surface area (Å²) in [6.07, 6.45) is 0. The fraction of sp³-hybridized carbons (Fsp3) is 0.0909. The van der Waals surface area contributed by atoms with Crippen molar-refractivity contribution in [1.82, 2.24) is 0 Å². The van der Waals surface area contributed by atoms with Gasteiger partial charge in [0.05, 0.1) is 8.71 Å². The minimum atomic E-state index is -1.19. The average molecular weight is 349 g/mol. The van der Waals surface area contributed by atoms with E-state index in [9.17, 15) is 18.9 Å². The molecule has 0 radical (unpaired) electrons. The number of benzene rings is 1. The molecule has 0 bridgehead atoms. The molecule has 1 aromatic heterocycles. The smallest absolute Gasteiger partial charge is 0.327 e. The summed E-state index contributed by atoms with van der Waals surface area (Å²) in [5.74, 6) is -2.06. The van der Waals surface area contributed by atoms with Crippen LogP contribution in [0, 0.1) is 21.7 Å². The molecule has 19 heavy (non-hydrogen) atoms. The molecular weight excluding hydrogens is 342 g/mol. The van der Waals surface area contributed by atoms with Crippen molar-refractivity contribution in [1.29, 1.82) is 0 Å². The fourth-order valence-electron chi connectivity index (χ4n) is 1.52. The van der Waals surface area contributed by atoms with Crippen LogP contribution in [0.15, 0.2) is 28.1 Å². The second-order valence-corrected chi connectivity index (χ2v) is 6.15. The highest BCUT2D eigenvalue weighted by atomic mass is 79.9. The van der Waals surface area contributed by atoms with Gasteiger partial charge in [0.1, 0.15) is 11.5 Å². The molecule has 0 saturated carbocycles. The zero-order chi connectivity index (χ0) is 14.0. The van der Waals surface area contributed by atoms with Crippen molar-refractivity contribution in [2.75, 3.05) is 5.32 Å². The molecule has 0 aliphatic carbocycles. The van der Waals surface area contributed by atoms with E-state index in [1.54, 1.807) is 0 Å². The Kier molecular flexibility index (Phi) is 4.11. The number of rotatable bonds is 4. The van der Waals surface area contributed by atoms with Crippen molar-refractivity contribution in [2.45, 2.75) is 6.54 Å². The molecule has 0 fully saturated rings. The lowest BCUT2D eigenvalue weighted by atomic mass is 10.2. The molecule has 4 nitrogen and oxygen atoms in total. The largest absolute Gasteiger partial charge is 0.374 e. The summed E-state index contributed by atoms with van der Waals surface area (Å²) in [7, 11) is 0. The molecule has 0 amide bonds. The zero-order valence-electron chi connectivity index (χ0n) is 9.32. The molecule has 1 heterocycles. The molecule has 2 rings (SSSR count). The number of nitrogens with zero attached hydrogens (tertiary/aromatic N) is 1. The molecule has 8 heteroatoms. The van der Waals surface area contributed by atoms with Gasteiger partial charge < -0.3 is 5.32 Å². The molecule has 0 spiro atoms. The van der Waals surface area contributed by atoms with Crippen LogP contribution in [0.25, 0.3) is 0 Å². The summed E-state index contributed by atoms with van der Waals surface area (Å²) in [6, 6.07) is 5.03. The van der Waals surface area contributed by atoms with Crippen LogP contribution in [0.3, 0.4) is 0 Å². The average Bonchev–Trinajstić information content (AvgIpc) is 2.71. The van der Waals surface area contributed by atoms with Crippen LogP contribution < -0.4 is 5.32 Å². The van der Waals surface area contributed by atoms with Gasteiger partial charge in [-0.15, -0.1) is 11.3 Å². The lowest BCUT2D eigenvalue weighted by Gasteiger charge is -2.06. The Hall–Kier alpha value is -1.54. The lowest BCUT2D eigenvalue weighted by molar-refractivity contribution is -0.386. The van der Waals surface area contributed by atoms with Gasteiger partial charge in [-0.1, -0.05) is 0 Å². The normalized spacial score (nSPS) is 10.5. The van der Waals surface area contributed by atoms with E-state index in [2.05, 4.69) is 21.2 Å². The summed E-state index contributed by atoms with van der Waals surface area (Å²) in [5, 5.41) is 13.4. The van der Waals surface area contributed by atoms with Crippen molar-refractivity contribution >= 4 is 38.6 Å². The van der Waals surface area contributed by atoms with Crippen LogP contribution >= 0.6 is 27.3 Å². The van der Waals surface area contributed by atoms with Gasteiger partial charge in [-0.05, 0) is 28.1 Å². The molecule has 0 aliphatic heterocycles. The summed E-state index contributed by atoms with van der Waals surface area (Å²) < 4.78 is 27.4. The first-order valence-electron chi connectivity index (χ1n) is 5.09. The molecule has 0 atom stereocenters. The number of nitro benzene ring substituents is 1. The monoisotopic (exact) mass is 348 g/mol. The van der Waals surface area contributed by atoms with E-state index >= 15 is 0 Å². The van der Waals surface area contributed by atoms with E-state index in [1.165, 1.54) is 11.3 Å². The minimum absolute atomic E-state index is 0.174. The molecule has 2 aromatic rings. The van der Waals surface area contributed by atoms with Crippen LogP contribution in [0.4, 0.5) is 20.2 Å². The Balaban J connectivity index is 2.26. The lowest BCUT2D eigenvalue weighted by Crippen LogP contribution is -2.04. The molecule has 100 valence electrons. The van der Waals surface area contributed by atoms with Gasteiger partial charge in [0.2, 0.25) is 5.82 Å². The van der Waals surface area contributed by atoms with E-state index in [0.29, 0.717) is 6.07 Å². The number of nitro groups is 1. The highest BCUT2D eigenvalue weighted by Gasteiger charge is 2.21. The molecule has 0 aliphatic rings. The van der Waals surface area contributed by atoms with Crippen LogP contribution in [-0.2, 0) is 6.54 Å². The maximum atomic E-state index is 13.4. The summed E-state index contributed by atoms with van der Waals surface area (Å²) in [5.41, 5.74) is -0.927. The van der Waals surface area contributed by atoms with Gasteiger partial charge in [0, 0.05) is 23.6 Å². The summed E-state index contributed by atoms with van der Waals surface area (Å²) in [4.78, 5) is 10.8. The second kappa shape index (κ2) is 5.62. The summed E-state index contributed by atoms with van der Waals surface area (Å²) in [6.45, 7) is 0.250. The Morgan fingerprint density at radius 1 is 1.37 bits per heavy atom. The minimum Gasteiger partial charge on any atom is -0.374 e. The van der Waals surface area contributed by atoms with Gasteiger partial charge in [-0.3, -0.25) is 10.1 Å². The Bertz CT molecular complexity index is 633. The molecule has 1 N–H and O–H groups in total. The van der Waals surface area contributed by atoms with Gasteiger partial charge >= 0.3 is 5.69 Å². The number of hydrogen-bond acceptors (Lipinski definition) is 4. The number of nitrogens with one attached hydrogen (secondary N) is 1. The van der Waals surface area contributed by atoms with Gasteiger partial charge in [0.25, 0.3) is 0 Å².